The second kappa shape index (κ2) is 8.52. The minimum Gasteiger partial charge on any atom is -0.358 e. The van der Waals surface area contributed by atoms with E-state index in [1.165, 1.54) is 0 Å². The van der Waals surface area contributed by atoms with E-state index in [0.29, 0.717) is 21.8 Å². The first-order valence-electron chi connectivity index (χ1n) is 8.52. The Bertz CT molecular complexity index is 940. The Hall–Kier alpha value is -3.11. The number of carbonyl (C=O) groups excluding carboxylic acids is 2. The van der Waals surface area contributed by atoms with Gasteiger partial charge in [0, 0.05) is 11.1 Å². The van der Waals surface area contributed by atoms with Gasteiger partial charge in [-0.2, -0.15) is 0 Å². The molecule has 0 bridgehead atoms. The number of benzene rings is 3. The number of nitrogens with one attached hydrogen (secondary N) is 2. The van der Waals surface area contributed by atoms with Crippen LogP contribution in [0, 0.1) is 6.92 Å². The van der Waals surface area contributed by atoms with Crippen LogP contribution < -0.4 is 10.6 Å². The zero-order valence-corrected chi connectivity index (χ0v) is 15.5. The quantitative estimate of drug-likeness (QED) is 0.483. The van der Waals surface area contributed by atoms with Crippen LogP contribution in [0.3, 0.4) is 0 Å². The van der Waals surface area contributed by atoms with E-state index in [-0.39, 0.29) is 11.7 Å². The Balaban J connectivity index is 1.87. The number of para-hydroxylation sites is 1. The molecule has 1 unspecified atom stereocenters. The van der Waals surface area contributed by atoms with Gasteiger partial charge in [-0.3, -0.25) is 9.59 Å². The maximum atomic E-state index is 13.0. The lowest BCUT2D eigenvalue weighted by atomic mass is 10.1. The topological polar surface area (TPSA) is 58.2 Å². The minimum atomic E-state index is -0.957. The van der Waals surface area contributed by atoms with E-state index in [4.69, 9.17) is 11.6 Å². The summed E-state index contributed by atoms with van der Waals surface area (Å²) in [6.07, 6.45) is -0.957. The molecule has 4 nitrogen and oxygen atoms in total. The molecule has 5 heteroatoms. The minimum absolute atomic E-state index is 0.254. The number of hydrogen-bond acceptors (Lipinski definition) is 3. The third kappa shape index (κ3) is 4.74. The summed E-state index contributed by atoms with van der Waals surface area (Å²) in [5.41, 5.74) is 2.59. The van der Waals surface area contributed by atoms with E-state index < -0.39 is 6.17 Å². The van der Waals surface area contributed by atoms with Crippen LogP contribution in [0.25, 0.3) is 0 Å². The number of aryl methyl sites for hydroxylation is 1. The monoisotopic (exact) mass is 378 g/mol. The molecule has 0 saturated carbocycles. The number of hydrogen-bond donors (Lipinski definition) is 2. The molecule has 0 fully saturated rings. The number of ketones is 1. The standard InChI is InChI=1S/C22H19ClN2O2/c1-15-11-13-17(14-12-15)22(27)25-21(20(26)16-7-3-2-4-8-16)24-19-10-6-5-9-18(19)23/h2-14,21,24H,1H3,(H,25,27). The molecule has 0 aromatic heterocycles. The van der Waals surface area contributed by atoms with Gasteiger partial charge >= 0.3 is 0 Å². The van der Waals surface area contributed by atoms with E-state index in [9.17, 15) is 9.59 Å². The maximum absolute atomic E-state index is 13.0. The summed E-state index contributed by atoms with van der Waals surface area (Å²) in [6, 6.07) is 23.0. The molecule has 2 N–H and O–H groups in total. The lowest BCUT2D eigenvalue weighted by Crippen LogP contribution is -2.46. The summed E-state index contributed by atoms with van der Waals surface area (Å²) < 4.78 is 0. The van der Waals surface area contributed by atoms with Crippen molar-refractivity contribution in [2.45, 2.75) is 13.1 Å². The first-order chi connectivity index (χ1) is 13.0. The van der Waals surface area contributed by atoms with E-state index in [2.05, 4.69) is 10.6 Å². The molecule has 27 heavy (non-hydrogen) atoms. The van der Waals surface area contributed by atoms with Gasteiger partial charge in [0.05, 0.1) is 10.7 Å². The highest BCUT2D eigenvalue weighted by Crippen LogP contribution is 2.21. The average molecular weight is 379 g/mol. The van der Waals surface area contributed by atoms with Crippen LogP contribution in [0.5, 0.6) is 0 Å². The molecule has 0 spiro atoms. The van der Waals surface area contributed by atoms with Crippen molar-refractivity contribution in [1.82, 2.24) is 5.32 Å². The molecule has 3 rings (SSSR count). The van der Waals surface area contributed by atoms with Crippen molar-refractivity contribution in [3.63, 3.8) is 0 Å². The summed E-state index contributed by atoms with van der Waals surface area (Å²) in [6.45, 7) is 1.95. The van der Waals surface area contributed by atoms with Crippen molar-refractivity contribution in [2.24, 2.45) is 0 Å². The molecular formula is C22H19ClN2O2. The second-order valence-electron chi connectivity index (χ2n) is 6.13. The fourth-order valence-corrected chi connectivity index (χ4v) is 2.78. The largest absolute Gasteiger partial charge is 0.358 e. The fourth-order valence-electron chi connectivity index (χ4n) is 2.59. The Kier molecular flexibility index (Phi) is 5.89. The summed E-state index contributed by atoms with van der Waals surface area (Å²) in [5, 5.41) is 6.28. The molecule has 0 heterocycles. The molecule has 0 saturated heterocycles. The summed E-state index contributed by atoms with van der Waals surface area (Å²) >= 11 is 6.20. The van der Waals surface area contributed by atoms with Crippen molar-refractivity contribution < 1.29 is 9.59 Å². The fraction of sp³-hybridized carbons (Fsp3) is 0.0909. The van der Waals surface area contributed by atoms with Gasteiger partial charge in [0.1, 0.15) is 0 Å². The van der Waals surface area contributed by atoms with Gasteiger partial charge in [-0.05, 0) is 31.2 Å². The van der Waals surface area contributed by atoms with Crippen molar-refractivity contribution in [3.05, 3.63) is 101 Å². The van der Waals surface area contributed by atoms with Gasteiger partial charge in [-0.25, -0.2) is 0 Å². The van der Waals surface area contributed by atoms with Crippen LogP contribution in [-0.4, -0.2) is 17.9 Å². The molecule has 3 aromatic carbocycles. The summed E-state index contributed by atoms with van der Waals surface area (Å²) in [4.78, 5) is 25.6. The Morgan fingerprint density at radius 3 is 2.11 bits per heavy atom. The van der Waals surface area contributed by atoms with Gasteiger partial charge in [0.2, 0.25) is 5.78 Å². The Morgan fingerprint density at radius 2 is 1.44 bits per heavy atom. The summed E-state index contributed by atoms with van der Waals surface area (Å²) in [5.74, 6) is -0.597. The number of anilines is 1. The zero-order valence-electron chi connectivity index (χ0n) is 14.8. The third-order valence-corrected chi connectivity index (χ3v) is 4.41. The van der Waals surface area contributed by atoms with Crippen molar-refractivity contribution in [1.29, 1.82) is 0 Å². The van der Waals surface area contributed by atoms with E-state index in [1.807, 2.05) is 25.1 Å². The summed E-state index contributed by atoms with van der Waals surface area (Å²) in [7, 11) is 0. The second-order valence-corrected chi connectivity index (χ2v) is 6.53. The number of carbonyl (C=O) groups is 2. The number of rotatable bonds is 6. The first-order valence-corrected chi connectivity index (χ1v) is 8.90. The SMILES string of the molecule is Cc1ccc(C(=O)NC(Nc2ccccc2Cl)C(=O)c2ccccc2)cc1. The van der Waals surface area contributed by atoms with E-state index in [1.54, 1.807) is 60.7 Å². The van der Waals surface area contributed by atoms with Crippen LogP contribution >= 0.6 is 11.6 Å². The van der Waals surface area contributed by atoms with Crippen LogP contribution in [0.1, 0.15) is 26.3 Å². The van der Waals surface area contributed by atoms with Crippen LogP contribution in [0.2, 0.25) is 5.02 Å². The van der Waals surface area contributed by atoms with Gasteiger partial charge < -0.3 is 10.6 Å². The van der Waals surface area contributed by atoms with Gasteiger partial charge in [-0.15, -0.1) is 0 Å². The van der Waals surface area contributed by atoms with Crippen LogP contribution in [0.15, 0.2) is 78.9 Å². The first kappa shape index (κ1) is 18.7. The van der Waals surface area contributed by atoms with Crippen LogP contribution in [0.4, 0.5) is 5.69 Å². The van der Waals surface area contributed by atoms with Gasteiger partial charge in [0.25, 0.3) is 5.91 Å². The molecule has 0 radical (unpaired) electrons. The molecule has 3 aromatic rings. The maximum Gasteiger partial charge on any atom is 0.253 e. The molecular weight excluding hydrogens is 360 g/mol. The Labute approximate surface area is 163 Å². The highest BCUT2D eigenvalue weighted by molar-refractivity contribution is 6.33. The highest BCUT2D eigenvalue weighted by atomic mass is 35.5. The van der Waals surface area contributed by atoms with Gasteiger partial charge in [0.15, 0.2) is 6.17 Å². The highest BCUT2D eigenvalue weighted by Gasteiger charge is 2.23. The molecule has 0 aliphatic heterocycles. The van der Waals surface area contributed by atoms with E-state index in [0.717, 1.165) is 5.56 Å². The zero-order chi connectivity index (χ0) is 19.2. The van der Waals surface area contributed by atoms with Crippen LogP contribution in [-0.2, 0) is 0 Å². The molecule has 136 valence electrons. The number of halogens is 1. The predicted octanol–water partition coefficient (Wildman–Crippen LogP) is 4.70. The molecule has 1 amide bonds. The lowest BCUT2D eigenvalue weighted by Gasteiger charge is -2.21. The van der Waals surface area contributed by atoms with E-state index >= 15 is 0 Å². The molecule has 0 aliphatic rings. The average Bonchev–Trinajstić information content (AvgIpc) is 2.69. The predicted molar refractivity (Wildman–Crippen MR) is 108 cm³/mol. The Morgan fingerprint density at radius 1 is 0.815 bits per heavy atom. The third-order valence-electron chi connectivity index (χ3n) is 4.08. The van der Waals surface area contributed by atoms with Crippen molar-refractivity contribution in [3.8, 4) is 0 Å². The molecule has 1 atom stereocenters. The lowest BCUT2D eigenvalue weighted by molar-refractivity contribution is 0.0869. The van der Waals surface area contributed by atoms with Crippen molar-refractivity contribution >= 4 is 29.0 Å². The number of amides is 1. The van der Waals surface area contributed by atoms with Crippen molar-refractivity contribution in [2.75, 3.05) is 5.32 Å². The smallest absolute Gasteiger partial charge is 0.253 e. The molecule has 0 aliphatic carbocycles. The number of Topliss-reactive ketones (excluding diaryl/α,β-unsaturated/α-hetero) is 1. The normalized spacial score (nSPS) is 11.5. The van der Waals surface area contributed by atoms with Gasteiger partial charge in [-0.1, -0.05) is 71.8 Å².